The van der Waals surface area contributed by atoms with Crippen LogP contribution < -0.4 is 0 Å². The Kier molecular flexibility index (Phi) is 3.74. The average Bonchev–Trinajstić information content (AvgIpc) is 3.05. The Morgan fingerprint density at radius 2 is 2.04 bits per heavy atom. The standard InChI is InChI=1S/C22H29N3/c1-3-15-8-17(4-2)22-20(9-15)25(11-16-6-5-7-16)21(23-22)14-24-12-18-10-19(18)13-24/h3,8-9,16,18-19H,1,4-7,10-14H2,2H3. The van der Waals surface area contributed by atoms with E-state index in [0.717, 1.165) is 37.3 Å². The Labute approximate surface area is 150 Å². The molecule has 3 nitrogen and oxygen atoms in total. The zero-order valence-electron chi connectivity index (χ0n) is 15.4. The summed E-state index contributed by atoms with van der Waals surface area (Å²) in [4.78, 5) is 7.80. The van der Waals surface area contributed by atoms with Crippen molar-refractivity contribution in [2.24, 2.45) is 17.8 Å². The van der Waals surface area contributed by atoms with Gasteiger partial charge in [0.25, 0.3) is 0 Å². The number of likely N-dealkylation sites (tertiary alicyclic amines) is 1. The molecule has 5 rings (SSSR count). The minimum atomic E-state index is 0.848. The first-order chi connectivity index (χ1) is 12.2. The average molecular weight is 335 g/mol. The third-order valence-electron chi connectivity index (χ3n) is 6.74. The molecule has 1 aromatic heterocycles. The summed E-state index contributed by atoms with van der Waals surface area (Å²) in [6, 6.07) is 4.57. The number of aryl methyl sites for hydroxylation is 1. The number of aromatic nitrogens is 2. The molecule has 0 radical (unpaired) electrons. The summed E-state index contributed by atoms with van der Waals surface area (Å²) in [5, 5.41) is 0. The van der Waals surface area contributed by atoms with Crippen LogP contribution in [-0.4, -0.2) is 27.5 Å². The summed E-state index contributed by atoms with van der Waals surface area (Å²) in [5.41, 5.74) is 5.16. The van der Waals surface area contributed by atoms with E-state index < -0.39 is 0 Å². The second-order valence-electron chi connectivity index (χ2n) is 8.49. The molecule has 2 aliphatic carbocycles. The summed E-state index contributed by atoms with van der Waals surface area (Å²) < 4.78 is 2.55. The van der Waals surface area contributed by atoms with E-state index in [-0.39, 0.29) is 0 Å². The molecule has 2 saturated carbocycles. The van der Waals surface area contributed by atoms with Crippen molar-refractivity contribution in [3.63, 3.8) is 0 Å². The van der Waals surface area contributed by atoms with Crippen LogP contribution >= 0.6 is 0 Å². The number of piperidine rings is 1. The predicted octanol–water partition coefficient (Wildman–Crippen LogP) is 4.49. The molecule has 132 valence electrons. The minimum Gasteiger partial charge on any atom is -0.327 e. The number of fused-ring (bicyclic) bond motifs is 2. The second kappa shape index (κ2) is 5.98. The Morgan fingerprint density at radius 3 is 2.68 bits per heavy atom. The first-order valence-corrected chi connectivity index (χ1v) is 10.1. The summed E-state index contributed by atoms with van der Waals surface area (Å²) in [5.74, 6) is 4.12. The molecule has 25 heavy (non-hydrogen) atoms. The highest BCUT2D eigenvalue weighted by molar-refractivity contribution is 5.82. The van der Waals surface area contributed by atoms with Crippen LogP contribution in [0.5, 0.6) is 0 Å². The van der Waals surface area contributed by atoms with Gasteiger partial charge in [-0.05, 0) is 66.7 Å². The van der Waals surface area contributed by atoms with Crippen LogP contribution in [0.15, 0.2) is 18.7 Å². The lowest BCUT2D eigenvalue weighted by Gasteiger charge is -2.27. The lowest BCUT2D eigenvalue weighted by molar-refractivity contribution is 0.257. The Balaban J connectivity index is 1.55. The van der Waals surface area contributed by atoms with Crippen LogP contribution in [0.1, 0.15) is 49.6 Å². The minimum absolute atomic E-state index is 0.848. The molecule has 2 heterocycles. The van der Waals surface area contributed by atoms with Crippen LogP contribution in [0.2, 0.25) is 0 Å². The monoisotopic (exact) mass is 335 g/mol. The number of nitrogens with zero attached hydrogens (tertiary/aromatic N) is 3. The molecule has 0 bridgehead atoms. The van der Waals surface area contributed by atoms with Gasteiger partial charge in [0.15, 0.2) is 0 Å². The number of rotatable bonds is 6. The molecule has 1 aliphatic heterocycles. The van der Waals surface area contributed by atoms with Crippen LogP contribution in [0.4, 0.5) is 0 Å². The van der Waals surface area contributed by atoms with Gasteiger partial charge in [0.05, 0.1) is 17.6 Å². The van der Waals surface area contributed by atoms with Crippen LogP contribution in [0.3, 0.4) is 0 Å². The van der Waals surface area contributed by atoms with E-state index in [2.05, 4.69) is 35.1 Å². The first-order valence-electron chi connectivity index (χ1n) is 10.1. The number of benzene rings is 1. The fourth-order valence-electron chi connectivity index (χ4n) is 4.84. The fraction of sp³-hybridized carbons (Fsp3) is 0.591. The van der Waals surface area contributed by atoms with Crippen molar-refractivity contribution in [2.75, 3.05) is 13.1 Å². The Morgan fingerprint density at radius 1 is 1.24 bits per heavy atom. The van der Waals surface area contributed by atoms with E-state index in [1.807, 2.05) is 6.08 Å². The molecule has 3 fully saturated rings. The number of imidazole rings is 1. The lowest BCUT2D eigenvalue weighted by atomic mass is 9.85. The van der Waals surface area contributed by atoms with E-state index in [1.165, 1.54) is 66.8 Å². The number of hydrogen-bond donors (Lipinski definition) is 0. The molecule has 3 heteroatoms. The molecule has 2 atom stereocenters. The van der Waals surface area contributed by atoms with Crippen molar-refractivity contribution in [3.8, 4) is 0 Å². The van der Waals surface area contributed by atoms with Crippen LogP contribution in [0, 0.1) is 17.8 Å². The van der Waals surface area contributed by atoms with Crippen molar-refractivity contribution in [1.29, 1.82) is 0 Å². The molecule has 3 aliphatic rings. The van der Waals surface area contributed by atoms with Gasteiger partial charge in [0.1, 0.15) is 5.82 Å². The maximum absolute atomic E-state index is 5.16. The molecule has 2 aromatic rings. The zero-order valence-corrected chi connectivity index (χ0v) is 15.4. The zero-order chi connectivity index (χ0) is 17.0. The number of hydrogen-bond acceptors (Lipinski definition) is 2. The molecule has 1 aromatic carbocycles. The molecular formula is C22H29N3. The lowest BCUT2D eigenvalue weighted by Crippen LogP contribution is -2.26. The van der Waals surface area contributed by atoms with E-state index in [9.17, 15) is 0 Å². The van der Waals surface area contributed by atoms with E-state index in [4.69, 9.17) is 4.98 Å². The van der Waals surface area contributed by atoms with Crippen LogP contribution in [-0.2, 0) is 19.5 Å². The maximum Gasteiger partial charge on any atom is 0.124 e. The normalized spacial score (nSPS) is 26.0. The quantitative estimate of drug-likeness (QED) is 0.775. The van der Waals surface area contributed by atoms with Crippen molar-refractivity contribution in [2.45, 2.75) is 52.1 Å². The topological polar surface area (TPSA) is 21.1 Å². The summed E-state index contributed by atoms with van der Waals surface area (Å²) >= 11 is 0. The van der Waals surface area contributed by atoms with E-state index in [0.29, 0.717) is 0 Å². The maximum atomic E-state index is 5.16. The molecule has 0 amide bonds. The highest BCUT2D eigenvalue weighted by Crippen LogP contribution is 2.45. The van der Waals surface area contributed by atoms with E-state index in [1.54, 1.807) is 0 Å². The second-order valence-corrected chi connectivity index (χ2v) is 8.49. The summed E-state index contributed by atoms with van der Waals surface area (Å²) in [6.45, 7) is 11.0. The highest BCUT2D eigenvalue weighted by Gasteiger charge is 2.45. The van der Waals surface area contributed by atoms with Crippen molar-refractivity contribution < 1.29 is 0 Å². The van der Waals surface area contributed by atoms with Crippen molar-refractivity contribution in [3.05, 3.63) is 35.7 Å². The van der Waals surface area contributed by atoms with Gasteiger partial charge in [-0.3, -0.25) is 4.90 Å². The Hall–Kier alpha value is -1.61. The van der Waals surface area contributed by atoms with Gasteiger partial charge in [0.2, 0.25) is 0 Å². The SMILES string of the molecule is C=Cc1cc(CC)c2nc(CN3CC4CC4C3)n(CC3CCC3)c2c1. The van der Waals surface area contributed by atoms with Gasteiger partial charge < -0.3 is 4.57 Å². The van der Waals surface area contributed by atoms with Gasteiger partial charge in [-0.15, -0.1) is 0 Å². The molecule has 0 N–H and O–H groups in total. The van der Waals surface area contributed by atoms with E-state index >= 15 is 0 Å². The fourth-order valence-corrected chi connectivity index (χ4v) is 4.84. The van der Waals surface area contributed by atoms with Gasteiger partial charge in [-0.1, -0.05) is 26.0 Å². The Bertz CT molecular complexity index is 804. The molecule has 1 saturated heterocycles. The highest BCUT2D eigenvalue weighted by atomic mass is 15.2. The van der Waals surface area contributed by atoms with Crippen molar-refractivity contribution in [1.82, 2.24) is 14.5 Å². The van der Waals surface area contributed by atoms with Crippen LogP contribution in [0.25, 0.3) is 17.1 Å². The summed E-state index contributed by atoms with van der Waals surface area (Å²) in [6.07, 6.45) is 8.65. The van der Waals surface area contributed by atoms with Gasteiger partial charge in [-0.25, -0.2) is 4.98 Å². The third kappa shape index (κ3) is 2.73. The first kappa shape index (κ1) is 15.6. The molecule has 0 spiro atoms. The molecule has 2 unspecified atom stereocenters. The van der Waals surface area contributed by atoms with Gasteiger partial charge >= 0.3 is 0 Å². The summed E-state index contributed by atoms with van der Waals surface area (Å²) in [7, 11) is 0. The largest absolute Gasteiger partial charge is 0.327 e. The van der Waals surface area contributed by atoms with Crippen molar-refractivity contribution >= 4 is 17.1 Å². The smallest absolute Gasteiger partial charge is 0.124 e. The third-order valence-corrected chi connectivity index (χ3v) is 6.74. The predicted molar refractivity (Wildman–Crippen MR) is 103 cm³/mol. The molecular weight excluding hydrogens is 306 g/mol. The van der Waals surface area contributed by atoms with Gasteiger partial charge in [-0.2, -0.15) is 0 Å². The van der Waals surface area contributed by atoms with Gasteiger partial charge in [0, 0.05) is 19.6 Å².